The molecule has 0 spiro atoms. The largest absolute Gasteiger partial charge is 0.399 e. The zero-order valence-corrected chi connectivity index (χ0v) is 11.9. The number of nitrogens with zero attached hydrogens (tertiary/aromatic N) is 2. The molecular formula is C16H25N3. The lowest BCUT2D eigenvalue weighted by molar-refractivity contribution is 0.0894. The smallest absolute Gasteiger partial charge is 0.0377 e. The van der Waals surface area contributed by atoms with Crippen LogP contribution in [0.3, 0.4) is 0 Å². The van der Waals surface area contributed by atoms with E-state index in [1.165, 1.54) is 51.1 Å². The quantitative estimate of drug-likeness (QED) is 0.843. The number of likely N-dealkylation sites (N-methyl/N-ethyl adjacent to an activating group) is 1. The number of piperazine rings is 1. The van der Waals surface area contributed by atoms with Crippen LogP contribution in [0.15, 0.2) is 24.3 Å². The highest BCUT2D eigenvalue weighted by Crippen LogP contribution is 2.44. The summed E-state index contributed by atoms with van der Waals surface area (Å²) >= 11 is 0. The molecule has 3 rings (SSSR count). The van der Waals surface area contributed by atoms with Gasteiger partial charge in [-0.2, -0.15) is 0 Å². The standard InChI is InChI=1S/C16H25N3/c1-2-18-9-11-19(12-10-18)16(13-3-4-13)14-5-7-15(17)8-6-14/h5-8,13,16H,2-4,9-12,17H2,1H3. The summed E-state index contributed by atoms with van der Waals surface area (Å²) in [7, 11) is 0. The molecule has 2 aliphatic rings. The van der Waals surface area contributed by atoms with Gasteiger partial charge in [-0.25, -0.2) is 0 Å². The summed E-state index contributed by atoms with van der Waals surface area (Å²) < 4.78 is 0. The van der Waals surface area contributed by atoms with E-state index >= 15 is 0 Å². The molecule has 0 aromatic heterocycles. The molecule has 0 bridgehead atoms. The Balaban J connectivity index is 1.73. The van der Waals surface area contributed by atoms with Gasteiger partial charge in [0.25, 0.3) is 0 Å². The highest BCUT2D eigenvalue weighted by Gasteiger charge is 2.37. The Morgan fingerprint density at radius 1 is 1.11 bits per heavy atom. The normalized spacial score (nSPS) is 23.4. The average molecular weight is 259 g/mol. The lowest BCUT2D eigenvalue weighted by Crippen LogP contribution is -2.47. The highest BCUT2D eigenvalue weighted by molar-refractivity contribution is 5.40. The molecule has 1 atom stereocenters. The minimum Gasteiger partial charge on any atom is -0.399 e. The van der Waals surface area contributed by atoms with Gasteiger partial charge in [0.15, 0.2) is 0 Å². The fourth-order valence-electron chi connectivity index (χ4n) is 3.24. The van der Waals surface area contributed by atoms with Crippen molar-refractivity contribution in [3.8, 4) is 0 Å². The van der Waals surface area contributed by atoms with E-state index in [0.29, 0.717) is 6.04 Å². The molecule has 1 unspecified atom stereocenters. The number of hydrogen-bond donors (Lipinski definition) is 1. The molecule has 0 amide bonds. The third-order valence-electron chi connectivity index (χ3n) is 4.59. The van der Waals surface area contributed by atoms with Crippen molar-refractivity contribution >= 4 is 5.69 Å². The Bertz CT molecular complexity index is 403. The van der Waals surface area contributed by atoms with E-state index in [-0.39, 0.29) is 0 Å². The van der Waals surface area contributed by atoms with Gasteiger partial charge in [0, 0.05) is 37.9 Å². The van der Waals surface area contributed by atoms with E-state index in [1.54, 1.807) is 0 Å². The van der Waals surface area contributed by atoms with E-state index in [9.17, 15) is 0 Å². The predicted octanol–water partition coefficient (Wildman–Crippen LogP) is 2.36. The third-order valence-corrected chi connectivity index (χ3v) is 4.59. The Morgan fingerprint density at radius 2 is 1.74 bits per heavy atom. The first kappa shape index (κ1) is 12.9. The molecule has 1 aliphatic carbocycles. The summed E-state index contributed by atoms with van der Waals surface area (Å²) in [5, 5.41) is 0. The second kappa shape index (κ2) is 5.51. The minimum absolute atomic E-state index is 0.625. The van der Waals surface area contributed by atoms with Crippen molar-refractivity contribution in [1.29, 1.82) is 0 Å². The highest BCUT2D eigenvalue weighted by atomic mass is 15.3. The summed E-state index contributed by atoms with van der Waals surface area (Å²) in [6.45, 7) is 8.29. The van der Waals surface area contributed by atoms with Crippen LogP contribution < -0.4 is 5.73 Å². The van der Waals surface area contributed by atoms with Crippen molar-refractivity contribution in [1.82, 2.24) is 9.80 Å². The number of hydrogen-bond acceptors (Lipinski definition) is 3. The van der Waals surface area contributed by atoms with Crippen LogP contribution in [0.4, 0.5) is 5.69 Å². The second-order valence-corrected chi connectivity index (χ2v) is 5.92. The van der Waals surface area contributed by atoms with Crippen molar-refractivity contribution in [2.45, 2.75) is 25.8 Å². The fourth-order valence-corrected chi connectivity index (χ4v) is 3.24. The van der Waals surface area contributed by atoms with E-state index in [4.69, 9.17) is 5.73 Å². The van der Waals surface area contributed by atoms with Gasteiger partial charge in [-0.15, -0.1) is 0 Å². The molecule has 3 heteroatoms. The van der Waals surface area contributed by atoms with Crippen LogP contribution in [0, 0.1) is 5.92 Å². The van der Waals surface area contributed by atoms with Crippen molar-refractivity contribution < 1.29 is 0 Å². The average Bonchev–Trinajstić information content (AvgIpc) is 3.27. The predicted molar refractivity (Wildman–Crippen MR) is 80.0 cm³/mol. The van der Waals surface area contributed by atoms with Gasteiger partial charge in [0.1, 0.15) is 0 Å². The number of nitrogen functional groups attached to an aromatic ring is 1. The van der Waals surface area contributed by atoms with Crippen LogP contribution in [0.25, 0.3) is 0 Å². The van der Waals surface area contributed by atoms with Crippen molar-refractivity contribution in [2.24, 2.45) is 5.92 Å². The maximum absolute atomic E-state index is 5.81. The van der Waals surface area contributed by atoms with Gasteiger partial charge in [-0.1, -0.05) is 19.1 Å². The number of benzene rings is 1. The van der Waals surface area contributed by atoms with Gasteiger partial charge in [0.05, 0.1) is 0 Å². The lowest BCUT2D eigenvalue weighted by Gasteiger charge is -2.39. The lowest BCUT2D eigenvalue weighted by atomic mass is 9.99. The molecule has 1 heterocycles. The van der Waals surface area contributed by atoms with E-state index in [0.717, 1.165) is 11.6 Å². The van der Waals surface area contributed by atoms with Crippen LogP contribution in [0.2, 0.25) is 0 Å². The summed E-state index contributed by atoms with van der Waals surface area (Å²) in [6.07, 6.45) is 2.78. The monoisotopic (exact) mass is 259 g/mol. The molecule has 2 fully saturated rings. The van der Waals surface area contributed by atoms with Gasteiger partial charge in [-0.3, -0.25) is 4.90 Å². The summed E-state index contributed by atoms with van der Waals surface area (Å²) in [6, 6.07) is 9.18. The second-order valence-electron chi connectivity index (χ2n) is 5.92. The molecule has 2 N–H and O–H groups in total. The summed E-state index contributed by atoms with van der Waals surface area (Å²) in [5.41, 5.74) is 8.14. The molecule has 19 heavy (non-hydrogen) atoms. The first-order valence-electron chi connectivity index (χ1n) is 7.59. The number of nitrogens with two attached hydrogens (primary N) is 1. The van der Waals surface area contributed by atoms with Crippen molar-refractivity contribution in [2.75, 3.05) is 38.5 Å². The molecular weight excluding hydrogens is 234 g/mol. The first-order chi connectivity index (χ1) is 9.28. The van der Waals surface area contributed by atoms with Crippen LogP contribution in [-0.4, -0.2) is 42.5 Å². The summed E-state index contributed by atoms with van der Waals surface area (Å²) in [5.74, 6) is 0.872. The molecule has 1 aromatic rings. The molecule has 1 aromatic carbocycles. The number of anilines is 1. The fraction of sp³-hybridized carbons (Fsp3) is 0.625. The topological polar surface area (TPSA) is 32.5 Å². The number of rotatable bonds is 4. The Hall–Kier alpha value is -1.06. The molecule has 1 saturated heterocycles. The molecule has 104 valence electrons. The van der Waals surface area contributed by atoms with E-state index < -0.39 is 0 Å². The van der Waals surface area contributed by atoms with Gasteiger partial charge in [0.2, 0.25) is 0 Å². The maximum Gasteiger partial charge on any atom is 0.0377 e. The SMILES string of the molecule is CCN1CCN(C(c2ccc(N)cc2)C2CC2)CC1. The van der Waals surface area contributed by atoms with Crippen LogP contribution >= 0.6 is 0 Å². The van der Waals surface area contributed by atoms with E-state index in [1.807, 2.05) is 12.1 Å². The maximum atomic E-state index is 5.81. The zero-order valence-electron chi connectivity index (χ0n) is 11.9. The van der Waals surface area contributed by atoms with Gasteiger partial charge >= 0.3 is 0 Å². The molecule has 1 aliphatic heterocycles. The Labute approximate surface area is 116 Å². The van der Waals surface area contributed by atoms with Crippen molar-refractivity contribution in [3.63, 3.8) is 0 Å². The van der Waals surface area contributed by atoms with Crippen LogP contribution in [-0.2, 0) is 0 Å². The van der Waals surface area contributed by atoms with Crippen LogP contribution in [0.1, 0.15) is 31.4 Å². The minimum atomic E-state index is 0.625. The zero-order chi connectivity index (χ0) is 13.2. The van der Waals surface area contributed by atoms with Gasteiger partial charge < -0.3 is 10.6 Å². The Morgan fingerprint density at radius 3 is 2.26 bits per heavy atom. The molecule has 3 nitrogen and oxygen atoms in total. The Kier molecular flexibility index (Phi) is 3.76. The molecule has 0 radical (unpaired) electrons. The van der Waals surface area contributed by atoms with Crippen molar-refractivity contribution in [3.05, 3.63) is 29.8 Å². The first-order valence-corrected chi connectivity index (χ1v) is 7.59. The molecule has 1 saturated carbocycles. The summed E-state index contributed by atoms with van der Waals surface area (Å²) in [4.78, 5) is 5.23. The van der Waals surface area contributed by atoms with E-state index in [2.05, 4.69) is 28.9 Å². The van der Waals surface area contributed by atoms with Crippen LogP contribution in [0.5, 0.6) is 0 Å². The van der Waals surface area contributed by atoms with Gasteiger partial charge in [-0.05, 0) is 43.0 Å². The third kappa shape index (κ3) is 2.93.